The lowest BCUT2D eigenvalue weighted by Crippen LogP contribution is -2.36. The number of anilines is 1. The van der Waals surface area contributed by atoms with Gasteiger partial charge in [0.2, 0.25) is 0 Å². The number of pyridine rings is 1. The minimum Gasteiger partial charge on any atom is -0.327 e. The van der Waals surface area contributed by atoms with Crippen LogP contribution in [0.5, 0.6) is 0 Å². The number of nitrogens with zero attached hydrogens (tertiary/aromatic N) is 2. The molecule has 0 spiro atoms. The summed E-state index contributed by atoms with van der Waals surface area (Å²) in [5.74, 6) is 0.0723. The van der Waals surface area contributed by atoms with Gasteiger partial charge in [-0.3, -0.25) is 4.79 Å². The summed E-state index contributed by atoms with van der Waals surface area (Å²) in [6.07, 6.45) is 2.62. The molecule has 0 aliphatic heterocycles. The molecule has 1 heterocycles. The number of urea groups is 1. The molecule has 0 aliphatic carbocycles. The van der Waals surface area contributed by atoms with Crippen molar-refractivity contribution in [1.82, 2.24) is 9.47 Å². The summed E-state index contributed by atoms with van der Waals surface area (Å²) < 4.78 is 14.5. The van der Waals surface area contributed by atoms with Crippen molar-refractivity contribution < 1.29 is 9.18 Å². The average molecular weight is 345 g/mol. The second-order valence-corrected chi connectivity index (χ2v) is 6.31. The van der Waals surface area contributed by atoms with Gasteiger partial charge in [0.25, 0.3) is 5.56 Å². The van der Waals surface area contributed by atoms with Gasteiger partial charge in [-0.1, -0.05) is 32.4 Å². The van der Waals surface area contributed by atoms with Crippen molar-refractivity contribution in [2.24, 2.45) is 5.92 Å². The molecule has 1 N–H and O–H groups in total. The van der Waals surface area contributed by atoms with Crippen LogP contribution in [0.2, 0.25) is 0 Å². The molecule has 6 heteroatoms. The van der Waals surface area contributed by atoms with E-state index in [1.54, 1.807) is 42.4 Å². The summed E-state index contributed by atoms with van der Waals surface area (Å²) in [6.45, 7) is 5.08. The van der Waals surface area contributed by atoms with Crippen molar-refractivity contribution in [1.29, 1.82) is 0 Å². The van der Waals surface area contributed by atoms with Crippen LogP contribution in [-0.4, -0.2) is 29.1 Å². The first-order valence-corrected chi connectivity index (χ1v) is 8.36. The van der Waals surface area contributed by atoms with Crippen LogP contribution in [0.3, 0.4) is 0 Å². The van der Waals surface area contributed by atoms with E-state index in [2.05, 4.69) is 19.2 Å². The monoisotopic (exact) mass is 345 g/mol. The minimum absolute atomic E-state index is 0.227. The average Bonchev–Trinajstić information content (AvgIpc) is 2.60. The second-order valence-electron chi connectivity index (χ2n) is 6.31. The van der Waals surface area contributed by atoms with Crippen molar-refractivity contribution in [2.45, 2.75) is 26.8 Å². The van der Waals surface area contributed by atoms with Gasteiger partial charge in [0, 0.05) is 19.8 Å². The van der Waals surface area contributed by atoms with Crippen LogP contribution in [0, 0.1) is 11.7 Å². The van der Waals surface area contributed by atoms with E-state index in [4.69, 9.17) is 0 Å². The highest BCUT2D eigenvalue weighted by atomic mass is 19.1. The molecule has 2 rings (SSSR count). The zero-order valence-corrected chi connectivity index (χ0v) is 14.8. The summed E-state index contributed by atoms with van der Waals surface area (Å²) >= 11 is 0. The van der Waals surface area contributed by atoms with Crippen molar-refractivity contribution in [3.63, 3.8) is 0 Å². The lowest BCUT2D eigenvalue weighted by atomic mass is 10.1. The van der Waals surface area contributed by atoms with E-state index in [1.165, 1.54) is 16.7 Å². The maximum Gasteiger partial charge on any atom is 0.321 e. The van der Waals surface area contributed by atoms with Crippen LogP contribution < -0.4 is 10.9 Å². The molecule has 0 fully saturated rings. The Morgan fingerprint density at radius 1 is 1.28 bits per heavy atom. The van der Waals surface area contributed by atoms with Crippen LogP contribution in [0.4, 0.5) is 14.9 Å². The zero-order chi connectivity index (χ0) is 18.4. The highest BCUT2D eigenvalue weighted by Crippen LogP contribution is 2.07. The van der Waals surface area contributed by atoms with Crippen LogP contribution in [0.1, 0.15) is 25.8 Å². The molecule has 1 unspecified atom stereocenters. The number of halogens is 1. The number of carbonyl (C=O) groups is 1. The zero-order valence-electron chi connectivity index (χ0n) is 14.8. The lowest BCUT2D eigenvalue weighted by molar-refractivity contribution is 0.215. The van der Waals surface area contributed by atoms with E-state index in [0.717, 1.165) is 12.0 Å². The molecular formula is C19H24FN3O2. The normalized spacial score (nSPS) is 11.8. The van der Waals surface area contributed by atoms with E-state index < -0.39 is 0 Å². The van der Waals surface area contributed by atoms with Gasteiger partial charge in [0.15, 0.2) is 0 Å². The Hall–Kier alpha value is -2.63. The van der Waals surface area contributed by atoms with Crippen LogP contribution >= 0.6 is 0 Å². The largest absolute Gasteiger partial charge is 0.327 e. The standard InChI is InChI=1S/C19H24FN3O2/c1-4-14(2)12-22(3)19(25)21-17-6-5-11-23(18(17)24)13-15-7-9-16(20)10-8-15/h5-11,14H,4,12-13H2,1-3H3,(H,21,25). The Morgan fingerprint density at radius 3 is 2.60 bits per heavy atom. The number of aromatic nitrogens is 1. The fraction of sp³-hybridized carbons (Fsp3) is 0.368. The number of amides is 2. The number of hydrogen-bond acceptors (Lipinski definition) is 2. The van der Waals surface area contributed by atoms with E-state index in [9.17, 15) is 14.0 Å². The van der Waals surface area contributed by atoms with Gasteiger partial charge < -0.3 is 14.8 Å². The molecule has 0 saturated carbocycles. The third-order valence-electron chi connectivity index (χ3n) is 4.16. The summed E-state index contributed by atoms with van der Waals surface area (Å²) in [6, 6.07) is 8.95. The first-order valence-electron chi connectivity index (χ1n) is 8.36. The van der Waals surface area contributed by atoms with Crippen LogP contribution in [-0.2, 0) is 6.54 Å². The quantitative estimate of drug-likeness (QED) is 0.870. The maximum atomic E-state index is 13.0. The fourth-order valence-corrected chi connectivity index (χ4v) is 2.43. The van der Waals surface area contributed by atoms with Gasteiger partial charge in [-0.2, -0.15) is 0 Å². The molecule has 1 aromatic heterocycles. The van der Waals surface area contributed by atoms with Crippen molar-refractivity contribution in [3.05, 3.63) is 64.3 Å². The fourth-order valence-electron chi connectivity index (χ4n) is 2.43. The number of hydrogen-bond donors (Lipinski definition) is 1. The molecule has 5 nitrogen and oxygen atoms in total. The molecule has 0 saturated heterocycles. The van der Waals surface area contributed by atoms with Crippen molar-refractivity contribution in [3.8, 4) is 0 Å². The summed E-state index contributed by atoms with van der Waals surface area (Å²) in [5.41, 5.74) is 0.739. The lowest BCUT2D eigenvalue weighted by Gasteiger charge is -2.21. The minimum atomic E-state index is -0.318. The molecule has 0 bridgehead atoms. The molecular weight excluding hydrogens is 321 g/mol. The summed E-state index contributed by atoms with van der Waals surface area (Å²) in [5, 5.41) is 2.67. The van der Waals surface area contributed by atoms with Gasteiger partial charge in [0.05, 0.1) is 6.54 Å². The van der Waals surface area contributed by atoms with Crippen LogP contribution in [0.15, 0.2) is 47.4 Å². The highest BCUT2D eigenvalue weighted by Gasteiger charge is 2.13. The van der Waals surface area contributed by atoms with E-state index in [0.29, 0.717) is 19.0 Å². The number of carbonyl (C=O) groups excluding carboxylic acids is 1. The molecule has 25 heavy (non-hydrogen) atoms. The molecule has 0 aliphatic rings. The number of nitrogens with one attached hydrogen (secondary N) is 1. The van der Waals surface area contributed by atoms with Gasteiger partial charge in [-0.05, 0) is 35.7 Å². The first-order chi connectivity index (χ1) is 11.9. The van der Waals surface area contributed by atoms with Crippen molar-refractivity contribution >= 4 is 11.7 Å². The predicted molar refractivity (Wildman–Crippen MR) is 97.3 cm³/mol. The number of rotatable bonds is 6. The van der Waals surface area contributed by atoms with Gasteiger partial charge in [-0.15, -0.1) is 0 Å². The third kappa shape index (κ3) is 5.17. The molecule has 1 atom stereocenters. The van der Waals surface area contributed by atoms with E-state index in [1.807, 2.05) is 0 Å². The van der Waals surface area contributed by atoms with Gasteiger partial charge in [0.1, 0.15) is 11.5 Å². The summed E-state index contributed by atoms with van der Waals surface area (Å²) in [7, 11) is 1.71. The third-order valence-corrected chi connectivity index (χ3v) is 4.16. The Morgan fingerprint density at radius 2 is 1.96 bits per heavy atom. The van der Waals surface area contributed by atoms with E-state index in [-0.39, 0.29) is 23.1 Å². The molecule has 0 radical (unpaired) electrons. The number of benzene rings is 1. The maximum absolute atomic E-state index is 13.0. The van der Waals surface area contributed by atoms with Gasteiger partial charge in [-0.25, -0.2) is 9.18 Å². The SMILES string of the molecule is CCC(C)CN(C)C(=O)Nc1cccn(Cc2ccc(F)cc2)c1=O. The van der Waals surface area contributed by atoms with E-state index >= 15 is 0 Å². The van der Waals surface area contributed by atoms with Crippen molar-refractivity contribution in [2.75, 3.05) is 18.9 Å². The Balaban J connectivity index is 2.11. The highest BCUT2D eigenvalue weighted by molar-refractivity contribution is 5.88. The molecule has 1 aromatic carbocycles. The first kappa shape index (κ1) is 18.7. The Labute approximate surface area is 147 Å². The topological polar surface area (TPSA) is 54.3 Å². The van der Waals surface area contributed by atoms with Gasteiger partial charge >= 0.3 is 6.03 Å². The summed E-state index contributed by atoms with van der Waals surface area (Å²) in [4.78, 5) is 26.4. The molecule has 2 aromatic rings. The second kappa shape index (κ2) is 8.46. The Bertz CT molecular complexity index is 771. The molecule has 2 amide bonds. The Kier molecular flexibility index (Phi) is 6.33. The smallest absolute Gasteiger partial charge is 0.321 e. The predicted octanol–water partition coefficient (Wildman–Crippen LogP) is 3.55. The van der Waals surface area contributed by atoms with Crippen LogP contribution in [0.25, 0.3) is 0 Å². The molecule has 134 valence electrons.